The van der Waals surface area contributed by atoms with Crippen molar-refractivity contribution in [2.45, 2.75) is 32.9 Å². The first-order valence-corrected chi connectivity index (χ1v) is 6.66. The zero-order valence-corrected chi connectivity index (χ0v) is 11.3. The number of nitrogens with one attached hydrogen (secondary N) is 1. The maximum atomic E-state index is 4.61. The summed E-state index contributed by atoms with van der Waals surface area (Å²) >= 11 is 1.74. The summed E-state index contributed by atoms with van der Waals surface area (Å²) in [5.41, 5.74) is 2.18. The van der Waals surface area contributed by atoms with Gasteiger partial charge in [-0.05, 0) is 7.05 Å². The lowest BCUT2D eigenvalue weighted by molar-refractivity contribution is 0.758. The van der Waals surface area contributed by atoms with Crippen molar-refractivity contribution >= 4 is 11.3 Å². The maximum absolute atomic E-state index is 4.61. The Balaban J connectivity index is 2.03. The predicted molar refractivity (Wildman–Crippen MR) is 70.3 cm³/mol. The number of hydrogen-bond acceptors (Lipinski definition) is 4. The van der Waals surface area contributed by atoms with E-state index in [2.05, 4.69) is 45.3 Å². The van der Waals surface area contributed by atoms with Gasteiger partial charge in [0, 0.05) is 24.0 Å². The second-order valence-electron chi connectivity index (χ2n) is 4.40. The molecule has 0 atom stereocenters. The lowest BCUT2D eigenvalue weighted by Gasteiger charge is -1.99. The van der Waals surface area contributed by atoms with Crippen molar-refractivity contribution in [3.63, 3.8) is 0 Å². The van der Waals surface area contributed by atoms with Crippen LogP contribution in [-0.4, -0.2) is 21.6 Å². The standard InChI is InChI=1S/C12H18N4S/c1-9(2)12-15-11(7-17-12)6-16-5-10(4-13-3)14-8-16/h5,7-9,13H,4,6H2,1-3H3. The van der Waals surface area contributed by atoms with Gasteiger partial charge >= 0.3 is 0 Å². The van der Waals surface area contributed by atoms with Gasteiger partial charge in [-0.25, -0.2) is 9.97 Å². The van der Waals surface area contributed by atoms with Gasteiger partial charge in [0.1, 0.15) is 0 Å². The van der Waals surface area contributed by atoms with Gasteiger partial charge in [-0.15, -0.1) is 11.3 Å². The maximum Gasteiger partial charge on any atom is 0.0954 e. The zero-order chi connectivity index (χ0) is 12.3. The van der Waals surface area contributed by atoms with E-state index in [0.717, 1.165) is 24.5 Å². The van der Waals surface area contributed by atoms with Gasteiger partial charge in [-0.2, -0.15) is 0 Å². The summed E-state index contributed by atoms with van der Waals surface area (Å²) in [6.45, 7) is 5.96. The molecule has 0 bridgehead atoms. The van der Waals surface area contributed by atoms with Gasteiger partial charge < -0.3 is 9.88 Å². The molecule has 4 nitrogen and oxygen atoms in total. The Hall–Kier alpha value is -1.20. The summed E-state index contributed by atoms with van der Waals surface area (Å²) < 4.78 is 2.08. The second-order valence-corrected chi connectivity index (χ2v) is 5.29. The van der Waals surface area contributed by atoms with Crippen molar-refractivity contribution in [1.82, 2.24) is 19.9 Å². The van der Waals surface area contributed by atoms with E-state index < -0.39 is 0 Å². The molecule has 1 N–H and O–H groups in total. The number of nitrogens with zero attached hydrogens (tertiary/aromatic N) is 3. The molecule has 0 fully saturated rings. The van der Waals surface area contributed by atoms with Crippen LogP contribution >= 0.6 is 11.3 Å². The van der Waals surface area contributed by atoms with Gasteiger partial charge in [0.15, 0.2) is 0 Å². The number of hydrogen-bond donors (Lipinski definition) is 1. The van der Waals surface area contributed by atoms with Crippen molar-refractivity contribution in [3.05, 3.63) is 34.3 Å². The molecule has 2 rings (SSSR count). The third kappa shape index (κ3) is 3.14. The summed E-state index contributed by atoms with van der Waals surface area (Å²) in [7, 11) is 1.92. The first-order valence-electron chi connectivity index (χ1n) is 5.78. The van der Waals surface area contributed by atoms with E-state index in [1.54, 1.807) is 11.3 Å². The Labute approximate surface area is 106 Å². The summed E-state index contributed by atoms with van der Waals surface area (Å²) in [6, 6.07) is 0. The molecule has 0 saturated heterocycles. The largest absolute Gasteiger partial charge is 0.331 e. The summed E-state index contributed by atoms with van der Waals surface area (Å²) in [4.78, 5) is 8.93. The van der Waals surface area contributed by atoms with Crippen LogP contribution < -0.4 is 5.32 Å². The minimum absolute atomic E-state index is 0.511. The van der Waals surface area contributed by atoms with Crippen molar-refractivity contribution < 1.29 is 0 Å². The summed E-state index contributed by atoms with van der Waals surface area (Å²) in [6.07, 6.45) is 3.92. The number of imidazole rings is 1. The highest BCUT2D eigenvalue weighted by molar-refractivity contribution is 7.09. The summed E-state index contributed by atoms with van der Waals surface area (Å²) in [5.74, 6) is 0.511. The molecule has 2 aromatic heterocycles. The van der Waals surface area contributed by atoms with Crippen molar-refractivity contribution in [1.29, 1.82) is 0 Å². The Bertz CT molecular complexity index is 472. The number of rotatable bonds is 5. The lowest BCUT2D eigenvalue weighted by Crippen LogP contribution is -2.05. The Morgan fingerprint density at radius 3 is 2.88 bits per heavy atom. The van der Waals surface area contributed by atoms with Crippen molar-refractivity contribution in [3.8, 4) is 0 Å². The van der Waals surface area contributed by atoms with E-state index in [4.69, 9.17) is 0 Å². The Morgan fingerprint density at radius 1 is 1.41 bits per heavy atom. The molecule has 0 aliphatic heterocycles. The van der Waals surface area contributed by atoms with E-state index in [1.165, 1.54) is 5.01 Å². The van der Waals surface area contributed by atoms with Crippen LogP contribution in [-0.2, 0) is 13.1 Å². The first kappa shape index (κ1) is 12.3. The van der Waals surface area contributed by atoms with Crippen LogP contribution in [0.15, 0.2) is 17.9 Å². The summed E-state index contributed by atoms with van der Waals surface area (Å²) in [5, 5.41) is 6.43. The van der Waals surface area contributed by atoms with Gasteiger partial charge in [-0.1, -0.05) is 13.8 Å². The Kier molecular flexibility index (Phi) is 3.91. The fourth-order valence-corrected chi connectivity index (χ4v) is 2.44. The molecule has 5 heteroatoms. The van der Waals surface area contributed by atoms with Gasteiger partial charge in [0.25, 0.3) is 0 Å². The molecule has 0 spiro atoms. The molecule has 0 aromatic carbocycles. The van der Waals surface area contributed by atoms with E-state index in [9.17, 15) is 0 Å². The van der Waals surface area contributed by atoms with Gasteiger partial charge in [0.05, 0.1) is 29.3 Å². The van der Waals surface area contributed by atoms with Gasteiger partial charge in [-0.3, -0.25) is 0 Å². The highest BCUT2D eigenvalue weighted by atomic mass is 32.1. The molecule has 0 amide bonds. The third-order valence-corrected chi connectivity index (χ3v) is 3.65. The van der Waals surface area contributed by atoms with E-state index in [-0.39, 0.29) is 0 Å². The molecule has 0 saturated carbocycles. The molecule has 17 heavy (non-hydrogen) atoms. The number of aromatic nitrogens is 3. The average Bonchev–Trinajstić information content (AvgIpc) is 2.89. The first-order chi connectivity index (χ1) is 8.19. The molecule has 0 radical (unpaired) electrons. The molecule has 0 aliphatic rings. The lowest BCUT2D eigenvalue weighted by atomic mass is 10.2. The van der Waals surface area contributed by atoms with Crippen LogP contribution in [0.4, 0.5) is 0 Å². The molecular weight excluding hydrogens is 232 g/mol. The molecule has 0 aliphatic carbocycles. The molecule has 2 heterocycles. The van der Waals surface area contributed by atoms with Crippen LogP contribution in [0, 0.1) is 0 Å². The van der Waals surface area contributed by atoms with Crippen molar-refractivity contribution in [2.75, 3.05) is 7.05 Å². The fraction of sp³-hybridized carbons (Fsp3) is 0.500. The van der Waals surface area contributed by atoms with E-state index in [0.29, 0.717) is 5.92 Å². The normalized spacial score (nSPS) is 11.3. The highest BCUT2D eigenvalue weighted by Crippen LogP contribution is 2.19. The second kappa shape index (κ2) is 5.42. The minimum atomic E-state index is 0.511. The quantitative estimate of drug-likeness (QED) is 0.885. The van der Waals surface area contributed by atoms with Crippen LogP contribution in [0.25, 0.3) is 0 Å². The highest BCUT2D eigenvalue weighted by Gasteiger charge is 2.06. The zero-order valence-electron chi connectivity index (χ0n) is 10.5. The molecule has 92 valence electrons. The van der Waals surface area contributed by atoms with E-state index in [1.807, 2.05) is 13.4 Å². The number of thiazole rings is 1. The Morgan fingerprint density at radius 2 is 2.24 bits per heavy atom. The third-order valence-electron chi connectivity index (χ3n) is 2.45. The molecule has 2 aromatic rings. The van der Waals surface area contributed by atoms with E-state index >= 15 is 0 Å². The minimum Gasteiger partial charge on any atom is -0.331 e. The predicted octanol–water partition coefficient (Wildman–Crippen LogP) is 2.23. The van der Waals surface area contributed by atoms with Crippen molar-refractivity contribution in [2.24, 2.45) is 0 Å². The van der Waals surface area contributed by atoms with Crippen LogP contribution in [0.3, 0.4) is 0 Å². The monoisotopic (exact) mass is 250 g/mol. The SMILES string of the molecule is CNCc1cn(Cc2csc(C(C)C)n2)cn1. The van der Waals surface area contributed by atoms with Crippen LogP contribution in [0.2, 0.25) is 0 Å². The van der Waals surface area contributed by atoms with Gasteiger partial charge in [0.2, 0.25) is 0 Å². The molecular formula is C12H18N4S. The molecule has 0 unspecified atom stereocenters. The average molecular weight is 250 g/mol. The smallest absolute Gasteiger partial charge is 0.0954 e. The van der Waals surface area contributed by atoms with Crippen LogP contribution in [0.1, 0.15) is 36.2 Å². The fourth-order valence-electron chi connectivity index (χ4n) is 1.61. The van der Waals surface area contributed by atoms with Crippen LogP contribution in [0.5, 0.6) is 0 Å². The topological polar surface area (TPSA) is 42.7 Å².